The maximum absolute atomic E-state index is 12.1. The lowest BCUT2D eigenvalue weighted by Gasteiger charge is -2.10. The molecule has 0 N–H and O–H groups in total. The standard InChI is InChI=1S/C16H17NO4S/c1-3-6-11(4-2)20-7-5-8-22-14-9-13(18)16-12(15(14)19)10-17-21-16/h3-4,6,9-10H,5,7-8H2,1-2H3. The Balaban J connectivity index is 1.81. The van der Waals surface area contributed by atoms with Crippen molar-refractivity contribution in [1.29, 1.82) is 0 Å². The summed E-state index contributed by atoms with van der Waals surface area (Å²) in [5.74, 6) is 1.03. The van der Waals surface area contributed by atoms with Crippen molar-refractivity contribution in [3.8, 4) is 0 Å². The predicted octanol–water partition coefficient (Wildman–Crippen LogP) is 3.56. The topological polar surface area (TPSA) is 69.4 Å². The highest BCUT2D eigenvalue weighted by Crippen LogP contribution is 2.28. The number of aromatic nitrogens is 1. The molecule has 1 aromatic heterocycles. The summed E-state index contributed by atoms with van der Waals surface area (Å²) in [6, 6.07) is 0. The van der Waals surface area contributed by atoms with Gasteiger partial charge >= 0.3 is 0 Å². The van der Waals surface area contributed by atoms with Crippen LogP contribution < -0.4 is 0 Å². The van der Waals surface area contributed by atoms with Crippen molar-refractivity contribution in [3.63, 3.8) is 0 Å². The number of allylic oxidation sites excluding steroid dienone is 5. The number of nitrogens with zero attached hydrogens (tertiary/aromatic N) is 1. The van der Waals surface area contributed by atoms with Crippen LogP contribution in [0.25, 0.3) is 0 Å². The Morgan fingerprint density at radius 3 is 2.95 bits per heavy atom. The molecule has 1 heterocycles. The average molecular weight is 319 g/mol. The summed E-state index contributed by atoms with van der Waals surface area (Å²) in [5.41, 5.74) is 0.246. The minimum Gasteiger partial charge on any atom is -0.494 e. The number of ketones is 2. The Morgan fingerprint density at radius 1 is 1.41 bits per heavy atom. The van der Waals surface area contributed by atoms with E-state index in [9.17, 15) is 9.59 Å². The molecule has 0 saturated heterocycles. The number of Topliss-reactive ketones (excluding diaryl/α,β-unsaturated/α-hetero) is 1. The van der Waals surface area contributed by atoms with Crippen molar-refractivity contribution >= 4 is 23.3 Å². The fourth-order valence-corrected chi connectivity index (χ4v) is 2.81. The van der Waals surface area contributed by atoms with Gasteiger partial charge in [-0.05, 0) is 32.4 Å². The Hall–Kier alpha value is -2.08. The molecule has 0 amide bonds. The summed E-state index contributed by atoms with van der Waals surface area (Å²) < 4.78 is 10.4. The van der Waals surface area contributed by atoms with Crippen LogP contribution in [0.15, 0.2) is 45.7 Å². The van der Waals surface area contributed by atoms with Crippen LogP contribution in [0.5, 0.6) is 0 Å². The first kappa shape index (κ1) is 16.3. The first-order valence-corrected chi connectivity index (χ1v) is 7.96. The lowest BCUT2D eigenvalue weighted by atomic mass is 10.0. The second kappa shape index (κ2) is 7.79. The van der Waals surface area contributed by atoms with E-state index in [1.807, 2.05) is 32.1 Å². The van der Waals surface area contributed by atoms with Gasteiger partial charge in [0, 0.05) is 11.8 Å². The van der Waals surface area contributed by atoms with Gasteiger partial charge in [0.1, 0.15) is 5.76 Å². The highest BCUT2D eigenvalue weighted by molar-refractivity contribution is 8.04. The van der Waals surface area contributed by atoms with Crippen molar-refractivity contribution < 1.29 is 18.8 Å². The van der Waals surface area contributed by atoms with Crippen molar-refractivity contribution in [3.05, 3.63) is 52.5 Å². The number of thioether (sulfide) groups is 1. The first-order valence-electron chi connectivity index (χ1n) is 6.97. The van der Waals surface area contributed by atoms with Crippen molar-refractivity contribution in [2.45, 2.75) is 20.3 Å². The van der Waals surface area contributed by atoms with E-state index in [2.05, 4.69) is 5.16 Å². The zero-order chi connectivity index (χ0) is 15.9. The number of fused-ring (bicyclic) bond motifs is 1. The first-order chi connectivity index (χ1) is 10.7. The smallest absolute Gasteiger partial charge is 0.225 e. The van der Waals surface area contributed by atoms with E-state index in [4.69, 9.17) is 9.26 Å². The predicted molar refractivity (Wildman–Crippen MR) is 84.8 cm³/mol. The molecule has 0 aromatic carbocycles. The van der Waals surface area contributed by atoms with Crippen LogP contribution in [0.1, 0.15) is 41.2 Å². The van der Waals surface area contributed by atoms with Crippen LogP contribution in [0, 0.1) is 0 Å². The van der Waals surface area contributed by atoms with Crippen LogP contribution in [-0.2, 0) is 4.74 Å². The van der Waals surface area contributed by atoms with Gasteiger partial charge in [0.25, 0.3) is 0 Å². The maximum Gasteiger partial charge on any atom is 0.225 e. The number of carbonyl (C=O) groups is 2. The second-order valence-corrected chi connectivity index (χ2v) is 5.65. The van der Waals surface area contributed by atoms with E-state index in [0.29, 0.717) is 17.3 Å². The zero-order valence-electron chi connectivity index (χ0n) is 12.5. The molecule has 0 aliphatic heterocycles. The molecule has 0 spiro atoms. The van der Waals surface area contributed by atoms with Crippen molar-refractivity contribution in [2.24, 2.45) is 0 Å². The second-order valence-electron chi connectivity index (χ2n) is 4.51. The summed E-state index contributed by atoms with van der Waals surface area (Å²) in [7, 11) is 0. The number of rotatable bonds is 7. The minimum atomic E-state index is -0.310. The molecule has 6 heteroatoms. The number of carbonyl (C=O) groups excluding carboxylic acids is 2. The molecule has 0 atom stereocenters. The molecular formula is C16H17NO4S. The fourth-order valence-electron chi connectivity index (χ4n) is 1.89. The van der Waals surface area contributed by atoms with Gasteiger partial charge in [-0.25, -0.2) is 0 Å². The highest BCUT2D eigenvalue weighted by atomic mass is 32.2. The lowest BCUT2D eigenvalue weighted by Crippen LogP contribution is -2.13. The maximum atomic E-state index is 12.1. The summed E-state index contributed by atoms with van der Waals surface area (Å²) in [6.07, 6.45) is 9.09. The zero-order valence-corrected chi connectivity index (χ0v) is 13.3. The summed E-state index contributed by atoms with van der Waals surface area (Å²) in [6.45, 7) is 4.41. The molecule has 0 fully saturated rings. The van der Waals surface area contributed by atoms with Crippen LogP contribution in [0.3, 0.4) is 0 Å². The number of hydrogen-bond donors (Lipinski definition) is 0. The van der Waals surface area contributed by atoms with Crippen molar-refractivity contribution in [1.82, 2.24) is 5.16 Å². The molecule has 0 radical (unpaired) electrons. The van der Waals surface area contributed by atoms with Gasteiger partial charge < -0.3 is 9.26 Å². The molecular weight excluding hydrogens is 302 g/mol. The SMILES string of the molecule is CC=CC(=CC)OCCCSC1=CC(=O)c2oncc2C1=O. The third kappa shape index (κ3) is 3.76. The van der Waals surface area contributed by atoms with E-state index in [0.717, 1.165) is 12.2 Å². The highest BCUT2D eigenvalue weighted by Gasteiger charge is 2.29. The lowest BCUT2D eigenvalue weighted by molar-refractivity contribution is 0.0967. The normalized spacial score (nSPS) is 15.2. The molecule has 1 aromatic rings. The molecule has 5 nitrogen and oxygen atoms in total. The van der Waals surface area contributed by atoms with E-state index < -0.39 is 0 Å². The van der Waals surface area contributed by atoms with Gasteiger partial charge in [-0.1, -0.05) is 11.2 Å². The molecule has 0 saturated carbocycles. The van der Waals surface area contributed by atoms with Gasteiger partial charge in [-0.2, -0.15) is 0 Å². The molecule has 1 aliphatic carbocycles. The van der Waals surface area contributed by atoms with E-state index in [1.165, 1.54) is 24.0 Å². The van der Waals surface area contributed by atoms with Gasteiger partial charge in [0.05, 0.1) is 23.3 Å². The average Bonchev–Trinajstić information content (AvgIpc) is 3.01. The van der Waals surface area contributed by atoms with Crippen LogP contribution in [-0.4, -0.2) is 29.1 Å². The Labute approximate surface area is 133 Å². The largest absolute Gasteiger partial charge is 0.494 e. The quantitative estimate of drug-likeness (QED) is 0.435. The van der Waals surface area contributed by atoms with Crippen LogP contribution in [0.2, 0.25) is 0 Å². The number of hydrogen-bond acceptors (Lipinski definition) is 6. The minimum absolute atomic E-state index is 0.0294. The Morgan fingerprint density at radius 2 is 2.23 bits per heavy atom. The van der Waals surface area contributed by atoms with E-state index >= 15 is 0 Å². The van der Waals surface area contributed by atoms with Gasteiger partial charge in [-0.15, -0.1) is 11.8 Å². The molecule has 0 bridgehead atoms. The molecule has 1 aliphatic rings. The third-order valence-corrected chi connectivity index (χ3v) is 4.06. The van der Waals surface area contributed by atoms with Gasteiger partial charge in [0.2, 0.25) is 17.3 Å². The molecule has 22 heavy (non-hydrogen) atoms. The van der Waals surface area contributed by atoms with Crippen molar-refractivity contribution in [2.75, 3.05) is 12.4 Å². The summed E-state index contributed by atoms with van der Waals surface area (Å²) >= 11 is 1.35. The fraction of sp³-hybridized carbons (Fsp3) is 0.312. The van der Waals surface area contributed by atoms with Crippen LogP contribution >= 0.6 is 11.8 Å². The van der Waals surface area contributed by atoms with Crippen LogP contribution in [0.4, 0.5) is 0 Å². The van der Waals surface area contributed by atoms with Gasteiger partial charge in [0.15, 0.2) is 0 Å². The summed E-state index contributed by atoms with van der Waals surface area (Å²) in [5, 5.41) is 3.50. The van der Waals surface area contributed by atoms with E-state index in [-0.39, 0.29) is 22.9 Å². The molecule has 2 rings (SSSR count). The molecule has 116 valence electrons. The Kier molecular flexibility index (Phi) is 5.77. The third-order valence-electron chi connectivity index (χ3n) is 2.96. The van der Waals surface area contributed by atoms with Gasteiger partial charge in [-0.3, -0.25) is 9.59 Å². The number of ether oxygens (including phenoxy) is 1. The molecule has 0 unspecified atom stereocenters. The summed E-state index contributed by atoms with van der Waals surface area (Å²) in [4.78, 5) is 24.3. The van der Waals surface area contributed by atoms with E-state index in [1.54, 1.807) is 0 Å². The Bertz CT molecular complexity index is 655. The monoisotopic (exact) mass is 319 g/mol.